The van der Waals surface area contributed by atoms with E-state index < -0.39 is 63.7 Å². The van der Waals surface area contributed by atoms with Gasteiger partial charge in [-0.1, -0.05) is 6.07 Å². The number of benzene rings is 1. The number of rotatable bonds is 5. The van der Waals surface area contributed by atoms with E-state index in [2.05, 4.69) is 20.4 Å². The average molecular weight is 567 g/mol. The molecule has 0 saturated heterocycles. The van der Waals surface area contributed by atoms with Crippen LogP contribution in [0.5, 0.6) is 0 Å². The molecule has 0 unspecified atom stereocenters. The minimum Gasteiger partial charge on any atom is -0.347 e. The second kappa shape index (κ2) is 9.41. The van der Waals surface area contributed by atoms with Crippen molar-refractivity contribution in [2.24, 2.45) is 5.10 Å². The van der Waals surface area contributed by atoms with Gasteiger partial charge in [0.05, 0.1) is 18.8 Å². The highest BCUT2D eigenvalue weighted by molar-refractivity contribution is 7.90. The first-order valence-electron chi connectivity index (χ1n) is 10.5. The maximum Gasteiger partial charge on any atom is 0.516 e. The fourth-order valence-electron chi connectivity index (χ4n) is 3.65. The highest BCUT2D eigenvalue weighted by atomic mass is 32.2. The van der Waals surface area contributed by atoms with E-state index in [0.717, 1.165) is 22.4 Å². The molecular formula is C20H16F7N7O3S. The van der Waals surface area contributed by atoms with Crippen LogP contribution in [-0.2, 0) is 22.7 Å². The Labute approximate surface area is 209 Å². The first kappa shape index (κ1) is 27.1. The van der Waals surface area contributed by atoms with Gasteiger partial charge in [-0.05, 0) is 30.7 Å². The van der Waals surface area contributed by atoms with Crippen LogP contribution in [0.1, 0.15) is 28.7 Å². The zero-order valence-corrected chi connectivity index (χ0v) is 19.9. The Bertz CT molecular complexity index is 1530. The largest absolute Gasteiger partial charge is 0.516 e. The molecule has 0 atom stereocenters. The maximum atomic E-state index is 14.8. The van der Waals surface area contributed by atoms with Crippen molar-refractivity contribution in [1.29, 1.82) is 0 Å². The number of aromatic nitrogens is 3. The van der Waals surface area contributed by atoms with Crippen molar-refractivity contribution in [2.45, 2.75) is 25.2 Å². The van der Waals surface area contributed by atoms with E-state index in [1.807, 2.05) is 0 Å². The van der Waals surface area contributed by atoms with Gasteiger partial charge in [0.25, 0.3) is 5.91 Å². The minimum atomic E-state index is -5.67. The number of nitrogens with zero attached hydrogens (tertiary/aromatic N) is 6. The fraction of sp³-hybridized carbons (Fsp3) is 0.300. The van der Waals surface area contributed by atoms with Crippen molar-refractivity contribution < 1.29 is 43.9 Å². The second-order valence-electron chi connectivity index (χ2n) is 7.86. The van der Waals surface area contributed by atoms with Crippen molar-refractivity contribution in [3.63, 3.8) is 0 Å². The summed E-state index contributed by atoms with van der Waals surface area (Å²) in [6.07, 6.45) is -2.57. The SMILES string of the molecule is CC1=NN(c2ccc(CNC(=O)c3c(C(F)(F)F)nc4ncccn34)cc2F)CCN1S(=O)(=O)C(F)(F)F. The van der Waals surface area contributed by atoms with Crippen molar-refractivity contribution >= 4 is 33.2 Å². The predicted octanol–water partition coefficient (Wildman–Crippen LogP) is 3.12. The van der Waals surface area contributed by atoms with Crippen LogP contribution in [0, 0.1) is 5.82 Å². The Kier molecular flexibility index (Phi) is 6.71. The summed E-state index contributed by atoms with van der Waals surface area (Å²) in [5.41, 5.74) is -7.86. The number of halogens is 7. The minimum absolute atomic E-state index is 0.0657. The molecule has 1 aliphatic rings. The summed E-state index contributed by atoms with van der Waals surface area (Å²) in [5.74, 6) is -2.95. The van der Waals surface area contributed by atoms with Gasteiger partial charge >= 0.3 is 21.7 Å². The molecule has 3 aromatic rings. The van der Waals surface area contributed by atoms with E-state index in [4.69, 9.17) is 0 Å². The Morgan fingerprint density at radius 2 is 1.84 bits per heavy atom. The molecule has 0 spiro atoms. The molecule has 18 heteroatoms. The number of fused-ring (bicyclic) bond motifs is 1. The molecule has 1 N–H and O–H groups in total. The van der Waals surface area contributed by atoms with Crippen LogP contribution in [0.15, 0.2) is 41.8 Å². The van der Waals surface area contributed by atoms with Gasteiger partial charge in [-0.3, -0.25) is 14.2 Å². The zero-order valence-electron chi connectivity index (χ0n) is 19.0. The van der Waals surface area contributed by atoms with Gasteiger partial charge in [0.2, 0.25) is 5.78 Å². The number of nitrogens with one attached hydrogen (secondary N) is 1. The van der Waals surface area contributed by atoms with Crippen molar-refractivity contribution in [3.8, 4) is 0 Å². The number of amides is 1. The molecule has 1 aromatic carbocycles. The number of hydrogen-bond donors (Lipinski definition) is 1. The van der Waals surface area contributed by atoms with Gasteiger partial charge in [0.1, 0.15) is 17.3 Å². The summed E-state index contributed by atoms with van der Waals surface area (Å²) in [5, 5.41) is 6.97. The van der Waals surface area contributed by atoms with E-state index >= 15 is 0 Å². The molecular weight excluding hydrogens is 551 g/mol. The number of alkyl halides is 6. The van der Waals surface area contributed by atoms with Crippen LogP contribution in [0.3, 0.4) is 0 Å². The second-order valence-corrected chi connectivity index (χ2v) is 9.71. The summed E-state index contributed by atoms with van der Waals surface area (Å²) in [7, 11) is -5.67. The maximum absolute atomic E-state index is 14.8. The van der Waals surface area contributed by atoms with Crippen LogP contribution < -0.4 is 10.3 Å². The number of hydrogen-bond acceptors (Lipinski definition) is 7. The number of imidazole rings is 1. The molecule has 0 bridgehead atoms. The summed E-state index contributed by atoms with van der Waals surface area (Å²) in [4.78, 5) is 19.7. The van der Waals surface area contributed by atoms with E-state index in [1.54, 1.807) is 0 Å². The standard InChI is InChI=1S/C20H16F7N7O3S/c1-11-31-33(7-8-34(11)38(36,37)20(25,26)27)14-4-3-12(9-13(14)21)10-29-17(35)15-16(19(22,23)24)30-18-28-5-2-6-32(15)18/h2-6,9H,7-8,10H2,1H3,(H,29,35). The lowest BCUT2D eigenvalue weighted by Crippen LogP contribution is -2.50. The molecule has 0 saturated carbocycles. The molecule has 3 heterocycles. The quantitative estimate of drug-likeness (QED) is 0.475. The number of anilines is 1. The number of amidine groups is 1. The fourth-order valence-corrected chi connectivity index (χ4v) is 4.61. The van der Waals surface area contributed by atoms with Crippen molar-refractivity contribution in [1.82, 2.24) is 24.0 Å². The van der Waals surface area contributed by atoms with Gasteiger partial charge in [-0.15, -0.1) is 0 Å². The zero-order chi connectivity index (χ0) is 28.0. The lowest BCUT2D eigenvalue weighted by atomic mass is 10.2. The summed E-state index contributed by atoms with van der Waals surface area (Å²) in [6, 6.07) is 4.74. The van der Waals surface area contributed by atoms with E-state index in [-0.39, 0.29) is 27.9 Å². The first-order chi connectivity index (χ1) is 17.6. The van der Waals surface area contributed by atoms with Crippen LogP contribution in [0.2, 0.25) is 0 Å². The van der Waals surface area contributed by atoms with E-state index in [9.17, 15) is 43.9 Å². The molecule has 10 nitrogen and oxygen atoms in total. The summed E-state index contributed by atoms with van der Waals surface area (Å²) in [6.45, 7) is -0.421. The topological polar surface area (TPSA) is 112 Å². The number of hydrazone groups is 1. The monoisotopic (exact) mass is 567 g/mol. The molecule has 1 aliphatic heterocycles. The van der Waals surface area contributed by atoms with E-state index in [1.165, 1.54) is 30.6 Å². The Hall–Kier alpha value is -3.96. The van der Waals surface area contributed by atoms with Gasteiger partial charge < -0.3 is 5.32 Å². The first-order valence-corrected chi connectivity index (χ1v) is 11.9. The molecule has 204 valence electrons. The predicted molar refractivity (Wildman–Crippen MR) is 118 cm³/mol. The molecule has 0 radical (unpaired) electrons. The highest BCUT2D eigenvalue weighted by Crippen LogP contribution is 2.32. The lowest BCUT2D eigenvalue weighted by molar-refractivity contribution is -0.141. The Morgan fingerprint density at radius 1 is 1.13 bits per heavy atom. The molecule has 4 rings (SSSR count). The average Bonchev–Trinajstić information content (AvgIpc) is 3.22. The van der Waals surface area contributed by atoms with Crippen molar-refractivity contribution in [3.05, 3.63) is 59.4 Å². The van der Waals surface area contributed by atoms with Gasteiger partial charge in [-0.2, -0.15) is 39.9 Å². The van der Waals surface area contributed by atoms with Crippen molar-refractivity contribution in [2.75, 3.05) is 18.1 Å². The Morgan fingerprint density at radius 3 is 2.45 bits per heavy atom. The molecule has 2 aromatic heterocycles. The van der Waals surface area contributed by atoms with E-state index in [0.29, 0.717) is 0 Å². The normalized spacial score (nSPS) is 15.1. The van der Waals surface area contributed by atoms with Gasteiger partial charge in [0, 0.05) is 18.9 Å². The number of carbonyl (C=O) groups excluding carboxylic acids is 1. The molecule has 1 amide bonds. The summed E-state index contributed by atoms with van der Waals surface area (Å²) < 4.78 is 118. The third-order valence-electron chi connectivity index (χ3n) is 5.35. The smallest absolute Gasteiger partial charge is 0.347 e. The van der Waals surface area contributed by atoms with Crippen LogP contribution >= 0.6 is 0 Å². The van der Waals surface area contributed by atoms with Gasteiger partial charge in [0.15, 0.2) is 5.69 Å². The third kappa shape index (κ3) is 4.94. The van der Waals surface area contributed by atoms with Gasteiger partial charge in [-0.25, -0.2) is 18.7 Å². The molecule has 38 heavy (non-hydrogen) atoms. The Balaban J connectivity index is 1.51. The number of sulfonamides is 1. The number of carbonyl (C=O) groups is 1. The molecule has 0 fully saturated rings. The van der Waals surface area contributed by atoms with Crippen LogP contribution in [0.25, 0.3) is 5.78 Å². The highest BCUT2D eigenvalue weighted by Gasteiger charge is 2.51. The van der Waals surface area contributed by atoms with Crippen LogP contribution in [-0.4, -0.2) is 57.4 Å². The van der Waals surface area contributed by atoms with Crippen LogP contribution in [0.4, 0.5) is 36.4 Å². The summed E-state index contributed by atoms with van der Waals surface area (Å²) >= 11 is 0. The third-order valence-corrected chi connectivity index (χ3v) is 6.97. The molecule has 0 aliphatic carbocycles. The lowest BCUT2D eigenvalue weighted by Gasteiger charge is -2.33.